The second-order valence-electron chi connectivity index (χ2n) is 7.41. The quantitative estimate of drug-likeness (QED) is 0.445. The Morgan fingerprint density at radius 2 is 1.97 bits per heavy atom. The molecule has 1 aliphatic heterocycles. The van der Waals surface area contributed by atoms with Crippen molar-refractivity contribution in [1.82, 2.24) is 9.80 Å². The van der Waals surface area contributed by atoms with E-state index in [-0.39, 0.29) is 24.4 Å². The van der Waals surface area contributed by atoms with Gasteiger partial charge in [-0.3, -0.25) is 9.59 Å². The van der Waals surface area contributed by atoms with Gasteiger partial charge in [-0.05, 0) is 52.6 Å². The van der Waals surface area contributed by atoms with Crippen LogP contribution in [0.2, 0.25) is 5.02 Å². The van der Waals surface area contributed by atoms with Crippen molar-refractivity contribution in [3.8, 4) is 0 Å². The molecule has 1 unspecified atom stereocenters. The summed E-state index contributed by atoms with van der Waals surface area (Å²) in [6.07, 6.45) is 2.80. The maximum Gasteiger partial charge on any atom is 0.243 e. The van der Waals surface area contributed by atoms with Gasteiger partial charge in [-0.15, -0.1) is 29.3 Å². The first kappa shape index (κ1) is 21.8. The Morgan fingerprint density at radius 3 is 2.68 bits per heavy atom. The summed E-state index contributed by atoms with van der Waals surface area (Å²) < 4.78 is 0. The zero-order valence-corrected chi connectivity index (χ0v) is 19.4. The number of nitrogens with zero attached hydrogens (tertiary/aromatic N) is 2. The fourth-order valence-electron chi connectivity index (χ4n) is 3.93. The van der Waals surface area contributed by atoms with Crippen LogP contribution in [0.5, 0.6) is 0 Å². The van der Waals surface area contributed by atoms with E-state index in [0.717, 1.165) is 22.4 Å². The zero-order chi connectivity index (χ0) is 21.8. The van der Waals surface area contributed by atoms with Gasteiger partial charge in [-0.2, -0.15) is 0 Å². The zero-order valence-electron chi connectivity index (χ0n) is 17.0. The SMILES string of the molecule is C=CCN(CC(=O)N1CCc2sccc2C1c1ccc(Cl)cc1)C(=O)Cc1cccs1. The monoisotopic (exact) mass is 470 g/mol. The lowest BCUT2D eigenvalue weighted by Gasteiger charge is -2.37. The van der Waals surface area contributed by atoms with E-state index in [9.17, 15) is 9.59 Å². The normalized spacial score (nSPS) is 15.4. The molecule has 0 fully saturated rings. The topological polar surface area (TPSA) is 40.6 Å². The largest absolute Gasteiger partial charge is 0.330 e. The van der Waals surface area contributed by atoms with Gasteiger partial charge in [-0.1, -0.05) is 35.9 Å². The van der Waals surface area contributed by atoms with Gasteiger partial charge < -0.3 is 9.80 Å². The highest BCUT2D eigenvalue weighted by molar-refractivity contribution is 7.10. The van der Waals surface area contributed by atoms with E-state index < -0.39 is 0 Å². The van der Waals surface area contributed by atoms with Gasteiger partial charge in [0.1, 0.15) is 6.54 Å². The summed E-state index contributed by atoms with van der Waals surface area (Å²) in [5.74, 6) is -0.120. The third-order valence-electron chi connectivity index (χ3n) is 5.41. The predicted octanol–water partition coefficient (Wildman–Crippen LogP) is 5.19. The predicted molar refractivity (Wildman–Crippen MR) is 128 cm³/mol. The Bertz CT molecular complexity index is 1060. The van der Waals surface area contributed by atoms with Crippen molar-refractivity contribution in [3.63, 3.8) is 0 Å². The summed E-state index contributed by atoms with van der Waals surface area (Å²) >= 11 is 9.37. The van der Waals surface area contributed by atoms with Crippen LogP contribution in [0.3, 0.4) is 0 Å². The summed E-state index contributed by atoms with van der Waals surface area (Å²) in [4.78, 5) is 32.1. The molecule has 3 heterocycles. The molecule has 0 saturated carbocycles. The minimum absolute atomic E-state index is 0.0415. The van der Waals surface area contributed by atoms with Crippen molar-refractivity contribution in [1.29, 1.82) is 0 Å². The fourth-order valence-corrected chi connectivity index (χ4v) is 5.65. The average molecular weight is 471 g/mol. The molecule has 0 saturated heterocycles. The minimum Gasteiger partial charge on any atom is -0.330 e. The van der Waals surface area contributed by atoms with Crippen LogP contribution in [-0.4, -0.2) is 41.2 Å². The molecule has 3 aromatic rings. The summed E-state index contributed by atoms with van der Waals surface area (Å²) in [5, 5.41) is 4.70. The molecular weight excluding hydrogens is 448 g/mol. The fraction of sp³-hybridized carbons (Fsp3) is 0.250. The molecule has 2 amide bonds. The van der Waals surface area contributed by atoms with Crippen molar-refractivity contribution >= 4 is 46.1 Å². The van der Waals surface area contributed by atoms with Crippen LogP contribution in [0.1, 0.15) is 26.9 Å². The van der Waals surface area contributed by atoms with Crippen LogP contribution in [0.4, 0.5) is 0 Å². The third-order valence-corrected chi connectivity index (χ3v) is 7.53. The number of benzene rings is 1. The molecule has 7 heteroatoms. The molecule has 0 N–H and O–H groups in total. The van der Waals surface area contributed by atoms with Crippen LogP contribution in [0.15, 0.2) is 65.9 Å². The van der Waals surface area contributed by atoms with Crippen molar-refractivity contribution in [2.45, 2.75) is 18.9 Å². The maximum absolute atomic E-state index is 13.5. The number of amides is 2. The molecule has 1 aromatic carbocycles. The van der Waals surface area contributed by atoms with Gasteiger partial charge >= 0.3 is 0 Å². The van der Waals surface area contributed by atoms with E-state index in [0.29, 0.717) is 24.5 Å². The third kappa shape index (κ3) is 4.92. The van der Waals surface area contributed by atoms with Gasteiger partial charge in [-0.25, -0.2) is 0 Å². The van der Waals surface area contributed by atoms with Gasteiger partial charge in [0.05, 0.1) is 12.5 Å². The first-order valence-electron chi connectivity index (χ1n) is 10.1. The molecule has 4 rings (SSSR count). The van der Waals surface area contributed by atoms with Crippen molar-refractivity contribution < 1.29 is 9.59 Å². The highest BCUT2D eigenvalue weighted by Crippen LogP contribution is 2.38. The number of hydrogen-bond donors (Lipinski definition) is 0. The van der Waals surface area contributed by atoms with Crippen molar-refractivity contribution in [2.24, 2.45) is 0 Å². The molecule has 0 radical (unpaired) electrons. The summed E-state index contributed by atoms with van der Waals surface area (Å²) in [6, 6.07) is 13.5. The molecule has 2 aromatic heterocycles. The Hall–Kier alpha value is -2.41. The van der Waals surface area contributed by atoms with E-state index in [4.69, 9.17) is 11.6 Å². The summed E-state index contributed by atoms with van der Waals surface area (Å²) in [5.41, 5.74) is 2.18. The lowest BCUT2D eigenvalue weighted by molar-refractivity contribution is -0.141. The Morgan fingerprint density at radius 1 is 1.16 bits per heavy atom. The smallest absolute Gasteiger partial charge is 0.243 e. The molecular formula is C24H23ClN2O2S2. The molecule has 160 valence electrons. The van der Waals surface area contributed by atoms with Crippen LogP contribution in [-0.2, 0) is 22.4 Å². The minimum atomic E-state index is -0.169. The molecule has 0 bridgehead atoms. The van der Waals surface area contributed by atoms with E-state index in [1.165, 1.54) is 4.88 Å². The first-order chi connectivity index (χ1) is 15.1. The molecule has 0 spiro atoms. The molecule has 0 aliphatic carbocycles. The van der Waals surface area contributed by atoms with Crippen LogP contribution in [0, 0.1) is 0 Å². The van der Waals surface area contributed by atoms with Gasteiger partial charge in [0.15, 0.2) is 0 Å². The Balaban J connectivity index is 1.56. The lowest BCUT2D eigenvalue weighted by Crippen LogP contribution is -2.47. The second kappa shape index (κ2) is 9.81. The van der Waals surface area contributed by atoms with E-state index in [1.807, 2.05) is 46.7 Å². The maximum atomic E-state index is 13.5. The van der Waals surface area contributed by atoms with Crippen LogP contribution >= 0.6 is 34.3 Å². The first-order valence-corrected chi connectivity index (χ1v) is 12.2. The number of carbonyl (C=O) groups excluding carboxylic acids is 2. The molecule has 31 heavy (non-hydrogen) atoms. The standard InChI is InChI=1S/C24H23ClN2O2S2/c1-2-11-26(22(28)15-19-4-3-13-30-19)16-23(29)27-12-9-21-20(10-14-31-21)24(27)17-5-7-18(25)8-6-17/h2-8,10,13-14,24H,1,9,11-12,15-16H2. The number of carbonyl (C=O) groups is 2. The van der Waals surface area contributed by atoms with E-state index in [2.05, 4.69) is 18.0 Å². The Labute approximate surface area is 195 Å². The number of halogens is 1. The Kier molecular flexibility index (Phi) is 6.90. The summed E-state index contributed by atoms with van der Waals surface area (Å²) in [6.45, 7) is 4.78. The number of fused-ring (bicyclic) bond motifs is 1. The highest BCUT2D eigenvalue weighted by Gasteiger charge is 2.33. The average Bonchev–Trinajstić information content (AvgIpc) is 3.45. The van der Waals surface area contributed by atoms with Crippen molar-refractivity contribution in [2.75, 3.05) is 19.6 Å². The lowest BCUT2D eigenvalue weighted by atomic mass is 9.93. The number of hydrogen-bond acceptors (Lipinski definition) is 4. The van der Waals surface area contributed by atoms with E-state index in [1.54, 1.807) is 33.6 Å². The van der Waals surface area contributed by atoms with Crippen molar-refractivity contribution in [3.05, 3.63) is 91.8 Å². The number of rotatable bonds is 7. The molecule has 4 nitrogen and oxygen atoms in total. The number of thiophene rings is 2. The molecule has 1 atom stereocenters. The summed E-state index contributed by atoms with van der Waals surface area (Å²) in [7, 11) is 0. The molecule has 1 aliphatic rings. The van der Waals surface area contributed by atoms with Crippen LogP contribution < -0.4 is 0 Å². The van der Waals surface area contributed by atoms with Gasteiger partial charge in [0.2, 0.25) is 11.8 Å². The van der Waals surface area contributed by atoms with Crippen LogP contribution in [0.25, 0.3) is 0 Å². The van der Waals surface area contributed by atoms with Gasteiger partial charge in [0.25, 0.3) is 0 Å². The second-order valence-corrected chi connectivity index (χ2v) is 9.88. The van der Waals surface area contributed by atoms with Gasteiger partial charge in [0, 0.05) is 27.9 Å². The highest BCUT2D eigenvalue weighted by atomic mass is 35.5. The van der Waals surface area contributed by atoms with E-state index >= 15 is 0 Å².